The fourth-order valence-corrected chi connectivity index (χ4v) is 5.12. The summed E-state index contributed by atoms with van der Waals surface area (Å²) in [6.45, 7) is 4.58. The van der Waals surface area contributed by atoms with Crippen LogP contribution in [0.4, 0.5) is 0 Å². The Labute approximate surface area is 152 Å². The molecule has 2 aromatic rings. The van der Waals surface area contributed by atoms with Crippen molar-refractivity contribution in [1.29, 1.82) is 0 Å². The van der Waals surface area contributed by atoms with Gasteiger partial charge in [-0.05, 0) is 50.4 Å². The molecule has 1 aromatic carbocycles. The number of ether oxygens (including phenoxy) is 1. The minimum Gasteiger partial charge on any atom is -0.487 e. The fraction of sp³-hybridized carbons (Fsp3) is 0.450. The van der Waals surface area contributed by atoms with Crippen LogP contribution >= 0.6 is 11.3 Å². The van der Waals surface area contributed by atoms with Gasteiger partial charge in [0.15, 0.2) is 5.06 Å². The Balaban J connectivity index is 1.56. The maximum Gasteiger partial charge on any atom is 0.261 e. The standard InChI is InChI=1S/C20H24N2O2S/c1-13-18(15-8-10-22(13)11-9-15)21-19(23)17-12-16(20(24-2)25-17)14-6-4-3-5-7-14/h3-7,12-13,15,18H,8-11H2,1-2H3,(H,21,23)/t13-,18+/m1/s1. The third-order valence-corrected chi connectivity index (χ3v) is 6.76. The summed E-state index contributed by atoms with van der Waals surface area (Å²) in [5.41, 5.74) is 2.06. The molecule has 1 aromatic heterocycles. The van der Waals surface area contributed by atoms with Crippen molar-refractivity contribution >= 4 is 17.2 Å². The van der Waals surface area contributed by atoms with Crippen LogP contribution in [0.5, 0.6) is 5.06 Å². The van der Waals surface area contributed by atoms with Gasteiger partial charge in [-0.3, -0.25) is 9.69 Å². The van der Waals surface area contributed by atoms with Gasteiger partial charge in [0.2, 0.25) is 0 Å². The average molecular weight is 356 g/mol. The molecule has 25 heavy (non-hydrogen) atoms. The summed E-state index contributed by atoms with van der Waals surface area (Å²) >= 11 is 1.42. The van der Waals surface area contributed by atoms with Crippen LogP contribution in [0.15, 0.2) is 36.4 Å². The van der Waals surface area contributed by atoms with Gasteiger partial charge in [0.25, 0.3) is 5.91 Å². The number of rotatable bonds is 4. The van der Waals surface area contributed by atoms with Crippen molar-refractivity contribution in [3.8, 4) is 16.2 Å². The van der Waals surface area contributed by atoms with Gasteiger partial charge in [0.05, 0.1) is 12.0 Å². The number of thiophene rings is 1. The van der Waals surface area contributed by atoms with Crippen molar-refractivity contribution in [3.63, 3.8) is 0 Å². The topological polar surface area (TPSA) is 41.6 Å². The Morgan fingerprint density at radius 1 is 1.24 bits per heavy atom. The number of fused-ring (bicyclic) bond motifs is 3. The minimum atomic E-state index is 0.0241. The van der Waals surface area contributed by atoms with E-state index < -0.39 is 0 Å². The molecule has 4 nitrogen and oxygen atoms in total. The van der Waals surface area contributed by atoms with Gasteiger partial charge in [-0.15, -0.1) is 0 Å². The smallest absolute Gasteiger partial charge is 0.261 e. The minimum absolute atomic E-state index is 0.0241. The lowest BCUT2D eigenvalue weighted by Crippen LogP contribution is -2.62. The van der Waals surface area contributed by atoms with E-state index in [1.807, 2.05) is 36.4 Å². The third kappa shape index (κ3) is 3.07. The number of nitrogens with zero attached hydrogens (tertiary/aromatic N) is 1. The highest BCUT2D eigenvalue weighted by molar-refractivity contribution is 7.16. The van der Waals surface area contributed by atoms with E-state index in [-0.39, 0.29) is 11.9 Å². The van der Waals surface area contributed by atoms with E-state index in [9.17, 15) is 4.79 Å². The molecule has 5 rings (SSSR count). The van der Waals surface area contributed by atoms with Crippen LogP contribution in [0.2, 0.25) is 0 Å². The van der Waals surface area contributed by atoms with Crippen LogP contribution in [-0.2, 0) is 0 Å². The number of benzene rings is 1. The zero-order valence-corrected chi connectivity index (χ0v) is 15.5. The second kappa shape index (κ2) is 6.81. The first kappa shape index (κ1) is 16.6. The summed E-state index contributed by atoms with van der Waals surface area (Å²) in [4.78, 5) is 16.1. The number of carbonyl (C=O) groups excluding carboxylic acids is 1. The molecule has 2 bridgehead atoms. The highest BCUT2D eigenvalue weighted by Crippen LogP contribution is 2.38. The largest absolute Gasteiger partial charge is 0.487 e. The summed E-state index contributed by atoms with van der Waals surface area (Å²) in [6.07, 6.45) is 2.39. The average Bonchev–Trinajstić information content (AvgIpc) is 3.10. The number of amides is 1. The SMILES string of the molecule is COc1sc(C(=O)N[C@@H]2C3CCN(CC3)[C@@H]2C)cc1-c1ccccc1. The van der Waals surface area contributed by atoms with Crippen molar-refractivity contribution < 1.29 is 9.53 Å². The van der Waals surface area contributed by atoms with Crippen molar-refractivity contribution in [3.05, 3.63) is 41.3 Å². The zero-order valence-electron chi connectivity index (χ0n) is 14.7. The number of hydrogen-bond acceptors (Lipinski definition) is 4. The zero-order chi connectivity index (χ0) is 17.4. The van der Waals surface area contributed by atoms with Gasteiger partial charge in [-0.2, -0.15) is 0 Å². The first-order valence-electron chi connectivity index (χ1n) is 8.95. The van der Waals surface area contributed by atoms with E-state index in [0.717, 1.165) is 21.1 Å². The van der Waals surface area contributed by atoms with Crippen LogP contribution in [-0.4, -0.2) is 43.1 Å². The van der Waals surface area contributed by atoms with Gasteiger partial charge in [-0.1, -0.05) is 41.7 Å². The number of nitrogens with one attached hydrogen (secondary N) is 1. The van der Waals surface area contributed by atoms with Crippen LogP contribution in [0, 0.1) is 5.92 Å². The molecule has 4 heterocycles. The van der Waals surface area contributed by atoms with Crippen molar-refractivity contribution in [2.24, 2.45) is 5.92 Å². The van der Waals surface area contributed by atoms with Crippen LogP contribution in [0.25, 0.3) is 11.1 Å². The number of piperidine rings is 3. The van der Waals surface area contributed by atoms with Crippen molar-refractivity contribution in [1.82, 2.24) is 10.2 Å². The Hall–Kier alpha value is -1.85. The maximum atomic E-state index is 12.9. The Bertz CT molecular complexity index is 748. The second-order valence-corrected chi connectivity index (χ2v) is 8.01. The lowest BCUT2D eigenvalue weighted by Gasteiger charge is -2.49. The lowest BCUT2D eigenvalue weighted by atomic mass is 9.79. The van der Waals surface area contributed by atoms with Gasteiger partial charge >= 0.3 is 0 Å². The monoisotopic (exact) mass is 356 g/mol. The first-order valence-corrected chi connectivity index (χ1v) is 9.77. The highest BCUT2D eigenvalue weighted by atomic mass is 32.1. The molecule has 3 aliphatic rings. The van der Waals surface area contributed by atoms with E-state index in [1.54, 1.807) is 7.11 Å². The quantitative estimate of drug-likeness (QED) is 0.909. The molecular formula is C20H24N2O2S. The van der Waals surface area contributed by atoms with Gasteiger partial charge in [-0.25, -0.2) is 0 Å². The first-order chi connectivity index (χ1) is 12.2. The van der Waals surface area contributed by atoms with Crippen molar-refractivity contribution in [2.75, 3.05) is 20.2 Å². The normalized spacial score (nSPS) is 27.9. The number of carbonyl (C=O) groups is 1. The van der Waals surface area contributed by atoms with Crippen molar-refractivity contribution in [2.45, 2.75) is 31.8 Å². The van der Waals surface area contributed by atoms with Gasteiger partial charge in [0.1, 0.15) is 0 Å². The van der Waals surface area contributed by atoms with E-state index in [4.69, 9.17) is 4.74 Å². The highest BCUT2D eigenvalue weighted by Gasteiger charge is 2.40. The van der Waals surface area contributed by atoms with Crippen LogP contribution in [0.1, 0.15) is 29.4 Å². The van der Waals surface area contributed by atoms with E-state index in [1.165, 1.54) is 37.3 Å². The Morgan fingerprint density at radius 2 is 1.96 bits per heavy atom. The van der Waals surface area contributed by atoms with E-state index in [2.05, 4.69) is 17.1 Å². The molecule has 5 heteroatoms. The second-order valence-electron chi connectivity index (χ2n) is 7.00. The molecule has 1 amide bonds. The van der Waals surface area contributed by atoms with Crippen LogP contribution < -0.4 is 10.1 Å². The molecule has 0 saturated carbocycles. The summed E-state index contributed by atoms with van der Waals surface area (Å²) < 4.78 is 5.52. The summed E-state index contributed by atoms with van der Waals surface area (Å²) in [6, 6.07) is 12.7. The Kier molecular flexibility index (Phi) is 4.52. The molecule has 0 radical (unpaired) electrons. The molecule has 2 atom stereocenters. The third-order valence-electron chi connectivity index (χ3n) is 5.67. The predicted octanol–water partition coefficient (Wildman–Crippen LogP) is 3.64. The molecule has 3 fully saturated rings. The van der Waals surface area contributed by atoms with Gasteiger partial charge in [0, 0.05) is 17.6 Å². The van der Waals surface area contributed by atoms with Crippen LogP contribution in [0.3, 0.4) is 0 Å². The molecule has 132 valence electrons. The summed E-state index contributed by atoms with van der Waals surface area (Å²) in [5.74, 6) is 0.635. The maximum absolute atomic E-state index is 12.9. The predicted molar refractivity (Wildman–Crippen MR) is 101 cm³/mol. The molecule has 3 saturated heterocycles. The molecule has 0 aliphatic carbocycles. The number of hydrogen-bond donors (Lipinski definition) is 1. The van der Waals surface area contributed by atoms with E-state index in [0.29, 0.717) is 12.0 Å². The molecule has 3 aliphatic heterocycles. The Morgan fingerprint density at radius 3 is 2.60 bits per heavy atom. The number of methoxy groups -OCH3 is 1. The molecular weight excluding hydrogens is 332 g/mol. The summed E-state index contributed by atoms with van der Waals surface area (Å²) in [5, 5.41) is 4.10. The van der Waals surface area contributed by atoms with E-state index >= 15 is 0 Å². The lowest BCUT2D eigenvalue weighted by molar-refractivity contribution is 0.0218. The van der Waals surface area contributed by atoms with Gasteiger partial charge < -0.3 is 10.1 Å². The fourth-order valence-electron chi connectivity index (χ4n) is 4.22. The molecule has 0 unspecified atom stereocenters. The molecule has 1 N–H and O–H groups in total. The summed E-state index contributed by atoms with van der Waals surface area (Å²) in [7, 11) is 1.66. The molecule has 0 spiro atoms.